The van der Waals surface area contributed by atoms with Crippen LogP contribution in [0.1, 0.15) is 202 Å². The molecule has 0 saturated heterocycles. The standard InChI is InChI=1S/C39H54N6O2.C24H24N6O4S.C19H27N3O.C15H19N3O/c1-5-7-9-11-13-15-25-44-29-27-42(3)38(44)36(46)40-34-21-17-32(18-22-34)31-33-19-23-35(24-20-33)41-37(47)39-43(4)28-30-45(39)26-16-14-12-10-8-6-2;1-27-11-12-28(2)23(27)21(31)25-17-7-5-9-19(15-17)35(33,34)20-10-6-8-18(16-20)26-22(32)24-29(3)13-14-30(24)4;1-3-4-5-6-7-11-14-22-16-15-21(2)19(22)18(23)20-17-12-9-8-10-13-17;1-3-4-10-18-12-11-17(2)15(18)14(19)16-13-8-6-5-7-9-13/h17-24,27-30H,5-16,25-26,31H2,1-4H3;5-16H,1-4H3;8-10,12-13,15-16H,3-7,11,14H2,1-2H3;5-9,11-12H,3-4,10H2,1-2H3. The van der Waals surface area contributed by atoms with Crippen LogP contribution < -0.4 is 58.0 Å². The van der Waals surface area contributed by atoms with Gasteiger partial charge in [0.2, 0.25) is 9.84 Å². The van der Waals surface area contributed by atoms with Crippen LogP contribution in [0, 0.1) is 0 Å². The molecule has 27 heteroatoms. The minimum atomic E-state index is -3.96. The van der Waals surface area contributed by atoms with Crippen molar-refractivity contribution in [1.82, 2.24) is 27.4 Å². The van der Waals surface area contributed by atoms with E-state index >= 15 is 0 Å². The molecule has 12 rings (SSSR count). The molecule has 0 atom stereocenters. The quantitative estimate of drug-likeness (QED) is 0.0153. The molecular formula is C97H124N18O8S. The van der Waals surface area contributed by atoms with Crippen molar-refractivity contribution in [3.8, 4) is 0 Å². The normalized spacial score (nSPS) is 12.3. The summed E-state index contributed by atoms with van der Waals surface area (Å²) in [6.07, 6.45) is 47.4. The van der Waals surface area contributed by atoms with E-state index in [9.17, 15) is 39.1 Å². The third-order valence-corrected chi connectivity index (χ3v) is 23.0. The zero-order chi connectivity index (χ0) is 88.9. The Hall–Kier alpha value is -12.7. The fraction of sp³-hybridized carbons (Fsp3) is 0.381. The lowest BCUT2D eigenvalue weighted by Gasteiger charge is -2.11. The number of aromatic nitrogens is 12. The second-order valence-electron chi connectivity index (χ2n) is 31.2. The predicted octanol–water partition coefficient (Wildman–Crippen LogP) is 10.5. The summed E-state index contributed by atoms with van der Waals surface area (Å²) in [6.45, 7) is 12.2. The second-order valence-corrected chi connectivity index (χ2v) is 33.2. The van der Waals surface area contributed by atoms with Crippen LogP contribution in [0.25, 0.3) is 0 Å². The van der Waals surface area contributed by atoms with Crippen LogP contribution in [0.5, 0.6) is 0 Å². The van der Waals surface area contributed by atoms with Gasteiger partial charge in [-0.2, -0.15) is 0 Å². The summed E-state index contributed by atoms with van der Waals surface area (Å²) < 4.78 is 48.6. The maximum atomic E-state index is 13.3. The van der Waals surface area contributed by atoms with Crippen molar-refractivity contribution in [2.24, 2.45) is 86.3 Å². The number of aryl methyl sites for hydroxylation is 12. The summed E-state index contributed by atoms with van der Waals surface area (Å²) in [7, 11) is 10.5. The molecule has 6 aromatic heterocycles. The Bertz CT molecular complexity index is 5360. The smallest absolute Gasteiger partial charge is 0.292 e. The molecule has 6 heterocycles. The number of para-hydroxylation sites is 2. The fourth-order valence-corrected chi connectivity index (χ4v) is 15.7. The zero-order valence-electron chi connectivity index (χ0n) is 74.3. The number of benzene rings is 6. The lowest BCUT2D eigenvalue weighted by atomic mass is 10.0. The highest BCUT2D eigenvalue weighted by atomic mass is 32.2. The summed E-state index contributed by atoms with van der Waals surface area (Å²) in [5, 5.41) is 76.3. The Morgan fingerprint density at radius 2 is 0.524 bits per heavy atom. The first-order valence-electron chi connectivity index (χ1n) is 43.4. The molecule has 26 nitrogen and oxygen atoms in total. The Kier molecular flexibility index (Phi) is 37.5. The molecule has 0 aliphatic rings. The molecule has 0 spiro atoms. The van der Waals surface area contributed by atoms with E-state index in [1.807, 2.05) is 223 Å². The Labute approximate surface area is 732 Å². The monoisotopic (exact) mass is 1700 g/mol. The van der Waals surface area contributed by atoms with E-state index in [0.717, 1.165) is 75.8 Å². The van der Waals surface area contributed by atoms with Crippen LogP contribution in [0.4, 0.5) is 34.1 Å². The van der Waals surface area contributed by atoms with Crippen molar-refractivity contribution < 1.29 is 66.5 Å². The number of unbranched alkanes of at least 4 members (excludes halogenated alkanes) is 16. The van der Waals surface area contributed by atoms with Gasteiger partial charge in [-0.25, -0.2) is 63.2 Å². The van der Waals surface area contributed by atoms with E-state index in [-0.39, 0.29) is 44.8 Å². The average molecular weight is 1700 g/mol. The molecule has 0 amide bonds. The number of sulfone groups is 1. The van der Waals surface area contributed by atoms with Crippen molar-refractivity contribution in [2.45, 2.75) is 199 Å². The van der Waals surface area contributed by atoms with Crippen molar-refractivity contribution >= 4 is 79.3 Å². The number of rotatable bonds is 40. The topological polar surface area (TPSA) is 300 Å². The van der Waals surface area contributed by atoms with Gasteiger partial charge < -0.3 is 30.6 Å². The molecule has 6 aromatic carbocycles. The van der Waals surface area contributed by atoms with E-state index in [0.29, 0.717) is 57.7 Å². The van der Waals surface area contributed by atoms with Crippen LogP contribution in [-0.2, 0) is 98.8 Å². The summed E-state index contributed by atoms with van der Waals surface area (Å²) in [5.74, 6) is 1.34. The molecule has 0 N–H and O–H groups in total. The predicted molar refractivity (Wildman–Crippen MR) is 475 cm³/mol. The summed E-state index contributed by atoms with van der Waals surface area (Å²) in [6, 6.07) is 46.1. The Morgan fingerprint density at radius 3 is 0.815 bits per heavy atom. The van der Waals surface area contributed by atoms with E-state index in [1.165, 1.54) is 133 Å². The SMILES string of the molecule is CCCCCCCCn1cc[n+](C)c1C([O-])=Nc1ccc(Cc2ccc(N=C([O-])c3n(CCCCCCCC)cc[n+]3C)cc2)cc1.CCCCCCCCn1cc[n+](C)c1C([O-])=Nc1ccccc1.CCCCn1cc[n+](C)c1C([O-])=Nc1ccccc1.Cn1cc[n+](C)c1C([O-])=Nc1cccc(S(=O)(=O)c2cccc(N=C([O-])c3n(C)cc[n+]3C)c2)c1. The Balaban J connectivity index is 0.000000199. The second kappa shape index (κ2) is 48.9. The fourth-order valence-electron chi connectivity index (χ4n) is 14.4. The molecule has 0 aliphatic heterocycles. The summed E-state index contributed by atoms with van der Waals surface area (Å²) in [5.41, 5.74) is 5.35. The molecule has 124 heavy (non-hydrogen) atoms. The molecule has 0 radical (unpaired) electrons. The van der Waals surface area contributed by atoms with Gasteiger partial charge in [0.15, 0.2) is 0 Å². The number of nitrogens with zero attached hydrogens (tertiary/aromatic N) is 18. The van der Waals surface area contributed by atoms with E-state index in [1.54, 1.807) is 83.4 Å². The van der Waals surface area contributed by atoms with Gasteiger partial charge in [-0.1, -0.05) is 184 Å². The molecule has 12 aromatic rings. The van der Waals surface area contributed by atoms with Gasteiger partial charge in [0.05, 0.1) is 162 Å². The molecule has 0 bridgehead atoms. The van der Waals surface area contributed by atoms with Crippen LogP contribution in [-0.4, -0.2) is 71.2 Å². The van der Waals surface area contributed by atoms with Gasteiger partial charge in [0, 0.05) is 0 Å². The highest BCUT2D eigenvalue weighted by Gasteiger charge is 2.23. The number of hydrogen-bond donors (Lipinski definition) is 0. The summed E-state index contributed by atoms with van der Waals surface area (Å²) in [4.78, 5) is 25.3. The van der Waals surface area contributed by atoms with Gasteiger partial charge in [0.1, 0.15) is 74.4 Å². The minimum absolute atomic E-state index is 0.0277. The zero-order valence-corrected chi connectivity index (χ0v) is 75.2. The lowest BCUT2D eigenvalue weighted by Crippen LogP contribution is -2.40. The van der Waals surface area contributed by atoms with Gasteiger partial charge in [-0.3, -0.25) is 30.0 Å². The molecule has 0 aliphatic carbocycles. The maximum Gasteiger partial charge on any atom is 0.292 e. The number of aliphatic imine (C=N–C) groups is 6. The first-order chi connectivity index (χ1) is 59.9. The largest absolute Gasteiger partial charge is 0.853 e. The molecule has 0 fully saturated rings. The average Bonchev–Trinajstić information content (AvgIpc) is 1.11. The molecule has 0 saturated carbocycles. The summed E-state index contributed by atoms with van der Waals surface area (Å²) >= 11 is 0. The van der Waals surface area contributed by atoms with Gasteiger partial charge >= 0.3 is 0 Å². The van der Waals surface area contributed by atoms with Gasteiger partial charge in [0.25, 0.3) is 34.9 Å². The lowest BCUT2D eigenvalue weighted by molar-refractivity contribution is -0.674. The first kappa shape index (κ1) is 95.2. The van der Waals surface area contributed by atoms with Crippen molar-refractivity contribution in [3.63, 3.8) is 0 Å². The molecule has 656 valence electrons. The molecular weight excluding hydrogens is 1580 g/mol. The van der Waals surface area contributed by atoms with E-state index in [4.69, 9.17) is 0 Å². The number of imidazole rings is 6. The third kappa shape index (κ3) is 28.2. The van der Waals surface area contributed by atoms with Crippen LogP contribution in [0.15, 0.2) is 272 Å². The van der Waals surface area contributed by atoms with Gasteiger partial charge in [-0.05, 0) is 147 Å². The van der Waals surface area contributed by atoms with E-state index in [2.05, 4.69) is 57.6 Å². The highest BCUT2D eigenvalue weighted by molar-refractivity contribution is 7.91. The van der Waals surface area contributed by atoms with Crippen LogP contribution in [0.2, 0.25) is 0 Å². The third-order valence-electron chi connectivity index (χ3n) is 21.3. The minimum Gasteiger partial charge on any atom is -0.853 e. The van der Waals surface area contributed by atoms with Crippen LogP contribution >= 0.6 is 0 Å². The van der Waals surface area contributed by atoms with Crippen molar-refractivity contribution in [2.75, 3.05) is 0 Å². The molecule has 0 unspecified atom stereocenters. The Morgan fingerprint density at radius 1 is 0.282 bits per heavy atom. The van der Waals surface area contributed by atoms with Crippen molar-refractivity contribution in [3.05, 3.63) is 278 Å². The van der Waals surface area contributed by atoms with Crippen LogP contribution in [0.3, 0.4) is 0 Å². The van der Waals surface area contributed by atoms with E-state index < -0.39 is 21.6 Å². The maximum absolute atomic E-state index is 13.3. The van der Waals surface area contributed by atoms with Gasteiger partial charge in [-0.15, -0.1) is 0 Å². The highest BCUT2D eigenvalue weighted by Crippen LogP contribution is 2.29. The van der Waals surface area contributed by atoms with Crippen molar-refractivity contribution in [1.29, 1.82) is 0 Å². The number of hydrogen-bond acceptors (Lipinski definition) is 14. The first-order valence-corrected chi connectivity index (χ1v) is 44.9.